The van der Waals surface area contributed by atoms with Gasteiger partial charge in [-0.05, 0) is 37.0 Å². The normalized spacial score (nSPS) is 22.0. The van der Waals surface area contributed by atoms with E-state index in [1.54, 1.807) is 7.11 Å². The van der Waals surface area contributed by atoms with Crippen LogP contribution in [0.4, 0.5) is 0 Å². The molecule has 1 heterocycles. The Labute approximate surface area is 131 Å². The summed E-state index contributed by atoms with van der Waals surface area (Å²) in [6.07, 6.45) is 2.16. The lowest BCUT2D eigenvalue weighted by Gasteiger charge is -2.39. The smallest absolute Gasteiger partial charge is 0.117 e. The summed E-state index contributed by atoms with van der Waals surface area (Å²) in [5.74, 6) is 0. The maximum Gasteiger partial charge on any atom is 0.117 e. The van der Waals surface area contributed by atoms with Crippen molar-refractivity contribution in [1.82, 2.24) is 5.32 Å². The molecule has 0 bridgehead atoms. The van der Waals surface area contributed by atoms with E-state index in [0.29, 0.717) is 31.2 Å². The highest BCUT2D eigenvalue weighted by molar-refractivity contribution is 6.30. The highest BCUT2D eigenvalue weighted by Gasteiger charge is 2.39. The number of methoxy groups -OCH3 is 1. The predicted octanol–water partition coefficient (Wildman–Crippen LogP) is 2.33. The SMILES string of the molecule is COCCCC[C@@](O)(c1cccc(Cl)c1)[C@H]1CNCCO1. The standard InChI is InChI=1S/C16H24ClNO3/c1-20-9-3-2-7-16(19,15-12-18-8-10-21-15)13-5-4-6-14(17)11-13/h4-6,11,15,18-19H,2-3,7-10,12H2,1H3/t15-,16-/m1/s1. The highest BCUT2D eigenvalue weighted by Crippen LogP contribution is 2.34. The Hall–Kier alpha value is -0.650. The Morgan fingerprint density at radius 2 is 2.33 bits per heavy atom. The third kappa shape index (κ3) is 4.41. The van der Waals surface area contributed by atoms with Crippen molar-refractivity contribution in [1.29, 1.82) is 0 Å². The fourth-order valence-electron chi connectivity index (χ4n) is 2.76. The molecule has 21 heavy (non-hydrogen) atoms. The summed E-state index contributed by atoms with van der Waals surface area (Å²) in [6.45, 7) is 2.79. The number of hydrogen-bond donors (Lipinski definition) is 2. The number of nitrogens with one attached hydrogen (secondary N) is 1. The molecule has 0 aliphatic carbocycles. The van der Waals surface area contributed by atoms with Crippen molar-refractivity contribution in [3.8, 4) is 0 Å². The lowest BCUT2D eigenvalue weighted by Crippen LogP contribution is -2.51. The van der Waals surface area contributed by atoms with Gasteiger partial charge in [0.2, 0.25) is 0 Å². The van der Waals surface area contributed by atoms with Crippen molar-refractivity contribution in [2.75, 3.05) is 33.4 Å². The van der Waals surface area contributed by atoms with Crippen LogP contribution in [0.3, 0.4) is 0 Å². The van der Waals surface area contributed by atoms with Gasteiger partial charge in [0, 0.05) is 31.8 Å². The third-order valence-electron chi connectivity index (χ3n) is 3.94. The van der Waals surface area contributed by atoms with Gasteiger partial charge in [-0.15, -0.1) is 0 Å². The van der Waals surface area contributed by atoms with Gasteiger partial charge >= 0.3 is 0 Å². The van der Waals surface area contributed by atoms with Crippen molar-refractivity contribution in [2.45, 2.75) is 31.0 Å². The van der Waals surface area contributed by atoms with Crippen LogP contribution in [0.1, 0.15) is 24.8 Å². The fourth-order valence-corrected chi connectivity index (χ4v) is 2.95. The van der Waals surface area contributed by atoms with Crippen LogP contribution in [0.2, 0.25) is 5.02 Å². The van der Waals surface area contributed by atoms with E-state index in [-0.39, 0.29) is 6.10 Å². The fraction of sp³-hybridized carbons (Fsp3) is 0.625. The zero-order valence-electron chi connectivity index (χ0n) is 12.5. The molecule has 4 nitrogen and oxygen atoms in total. The van der Waals surface area contributed by atoms with Crippen LogP contribution in [-0.2, 0) is 15.1 Å². The number of unbranched alkanes of at least 4 members (excludes halogenated alkanes) is 1. The molecular weight excluding hydrogens is 290 g/mol. The summed E-state index contributed by atoms with van der Waals surface area (Å²) >= 11 is 6.09. The van der Waals surface area contributed by atoms with E-state index in [0.717, 1.165) is 24.9 Å². The second-order valence-electron chi connectivity index (χ2n) is 5.45. The summed E-state index contributed by atoms with van der Waals surface area (Å²) in [5, 5.41) is 15.2. The number of halogens is 1. The minimum atomic E-state index is -1.02. The van der Waals surface area contributed by atoms with Crippen LogP contribution in [-0.4, -0.2) is 44.6 Å². The van der Waals surface area contributed by atoms with Crippen LogP contribution < -0.4 is 5.32 Å². The Morgan fingerprint density at radius 3 is 3.00 bits per heavy atom. The van der Waals surface area contributed by atoms with Gasteiger partial charge in [-0.1, -0.05) is 23.7 Å². The average Bonchev–Trinajstić information content (AvgIpc) is 2.52. The van der Waals surface area contributed by atoms with Crippen molar-refractivity contribution in [2.24, 2.45) is 0 Å². The molecule has 1 aliphatic rings. The summed E-state index contributed by atoms with van der Waals surface area (Å²) in [5.41, 5.74) is -0.201. The van der Waals surface area contributed by atoms with Crippen molar-refractivity contribution < 1.29 is 14.6 Å². The van der Waals surface area contributed by atoms with E-state index in [1.165, 1.54) is 0 Å². The number of rotatable bonds is 7. The quantitative estimate of drug-likeness (QED) is 0.759. The summed E-state index contributed by atoms with van der Waals surface area (Å²) in [4.78, 5) is 0. The zero-order chi connectivity index (χ0) is 15.1. The molecule has 0 radical (unpaired) electrons. The molecule has 1 fully saturated rings. The molecule has 2 rings (SSSR count). The summed E-state index contributed by atoms with van der Waals surface area (Å²) < 4.78 is 10.9. The van der Waals surface area contributed by atoms with Crippen LogP contribution in [0, 0.1) is 0 Å². The molecule has 2 atom stereocenters. The van der Waals surface area contributed by atoms with Crippen molar-refractivity contribution in [3.05, 3.63) is 34.9 Å². The minimum Gasteiger partial charge on any atom is -0.385 e. The molecule has 0 aromatic heterocycles. The molecule has 0 saturated carbocycles. The Morgan fingerprint density at radius 1 is 1.48 bits per heavy atom. The van der Waals surface area contributed by atoms with Crippen LogP contribution >= 0.6 is 11.6 Å². The molecule has 2 N–H and O–H groups in total. The highest BCUT2D eigenvalue weighted by atomic mass is 35.5. The van der Waals surface area contributed by atoms with Crippen LogP contribution in [0.15, 0.2) is 24.3 Å². The van der Waals surface area contributed by atoms with Gasteiger partial charge in [-0.3, -0.25) is 0 Å². The monoisotopic (exact) mass is 313 g/mol. The second-order valence-corrected chi connectivity index (χ2v) is 5.88. The van der Waals surface area contributed by atoms with Gasteiger partial charge < -0.3 is 19.9 Å². The number of aliphatic hydroxyl groups is 1. The van der Waals surface area contributed by atoms with Gasteiger partial charge in [-0.2, -0.15) is 0 Å². The van der Waals surface area contributed by atoms with E-state index >= 15 is 0 Å². The first-order valence-corrected chi connectivity index (χ1v) is 7.84. The average molecular weight is 314 g/mol. The lowest BCUT2D eigenvalue weighted by atomic mass is 9.83. The van der Waals surface area contributed by atoms with Crippen molar-refractivity contribution >= 4 is 11.6 Å². The predicted molar refractivity (Wildman–Crippen MR) is 83.7 cm³/mol. The van der Waals surface area contributed by atoms with Gasteiger partial charge in [0.05, 0.1) is 6.61 Å². The van der Waals surface area contributed by atoms with E-state index in [4.69, 9.17) is 21.1 Å². The van der Waals surface area contributed by atoms with Gasteiger partial charge in [-0.25, -0.2) is 0 Å². The van der Waals surface area contributed by atoms with E-state index in [9.17, 15) is 5.11 Å². The third-order valence-corrected chi connectivity index (χ3v) is 4.18. The Bertz CT molecular complexity index is 437. The van der Waals surface area contributed by atoms with Gasteiger partial charge in [0.15, 0.2) is 0 Å². The van der Waals surface area contributed by atoms with E-state index < -0.39 is 5.60 Å². The largest absolute Gasteiger partial charge is 0.385 e. The molecular formula is C16H24ClNO3. The number of ether oxygens (including phenoxy) is 2. The Balaban J connectivity index is 2.15. The van der Waals surface area contributed by atoms with E-state index in [2.05, 4.69) is 5.32 Å². The molecule has 0 amide bonds. The lowest BCUT2D eigenvalue weighted by molar-refractivity contribution is -0.130. The topological polar surface area (TPSA) is 50.7 Å². The molecule has 0 spiro atoms. The first kappa shape index (κ1) is 16.7. The molecule has 1 aromatic carbocycles. The second kappa shape index (κ2) is 8.11. The van der Waals surface area contributed by atoms with Crippen molar-refractivity contribution in [3.63, 3.8) is 0 Å². The molecule has 118 valence electrons. The van der Waals surface area contributed by atoms with E-state index in [1.807, 2.05) is 24.3 Å². The first-order chi connectivity index (χ1) is 10.2. The Kier molecular flexibility index (Phi) is 6.45. The molecule has 0 unspecified atom stereocenters. The maximum atomic E-state index is 11.3. The van der Waals surface area contributed by atoms with Gasteiger partial charge in [0.25, 0.3) is 0 Å². The maximum absolute atomic E-state index is 11.3. The summed E-state index contributed by atoms with van der Waals surface area (Å²) in [6, 6.07) is 7.43. The molecule has 1 aliphatic heterocycles. The number of benzene rings is 1. The van der Waals surface area contributed by atoms with Crippen LogP contribution in [0.5, 0.6) is 0 Å². The molecule has 1 aromatic rings. The van der Waals surface area contributed by atoms with Gasteiger partial charge in [0.1, 0.15) is 11.7 Å². The molecule has 5 heteroatoms. The zero-order valence-corrected chi connectivity index (χ0v) is 13.2. The first-order valence-electron chi connectivity index (χ1n) is 7.46. The minimum absolute atomic E-state index is 0.257. The number of hydrogen-bond acceptors (Lipinski definition) is 4. The summed E-state index contributed by atoms with van der Waals surface area (Å²) in [7, 11) is 1.69. The number of morpholine rings is 1. The molecule has 1 saturated heterocycles. The van der Waals surface area contributed by atoms with Crippen LogP contribution in [0.25, 0.3) is 0 Å².